The summed E-state index contributed by atoms with van der Waals surface area (Å²) in [6.45, 7) is 13.2. The first-order valence-electron chi connectivity index (χ1n) is 9.84. The number of nitrogens with zero attached hydrogens (tertiary/aromatic N) is 4. The molecule has 2 aliphatic rings. The van der Waals surface area contributed by atoms with Gasteiger partial charge >= 0.3 is 0 Å². The van der Waals surface area contributed by atoms with Crippen LogP contribution in [0.25, 0.3) is 0 Å². The molecule has 2 heterocycles. The first-order valence-corrected chi connectivity index (χ1v) is 10.8. The van der Waals surface area contributed by atoms with Crippen molar-refractivity contribution < 1.29 is 9.53 Å². The number of carbonyl (C=O) groups is 1. The second-order valence-corrected chi connectivity index (χ2v) is 8.70. The van der Waals surface area contributed by atoms with E-state index in [0.29, 0.717) is 30.7 Å². The van der Waals surface area contributed by atoms with Crippen LogP contribution in [0.4, 0.5) is 0 Å². The van der Waals surface area contributed by atoms with Crippen molar-refractivity contribution in [2.45, 2.75) is 50.4 Å². The van der Waals surface area contributed by atoms with E-state index < -0.39 is 0 Å². The van der Waals surface area contributed by atoms with Crippen molar-refractivity contribution in [3.05, 3.63) is 18.5 Å². The second kappa shape index (κ2) is 9.71. The Bertz CT molecular complexity index is 644. The number of hydrogen-bond acceptors (Lipinski definition) is 6. The van der Waals surface area contributed by atoms with Gasteiger partial charge in [-0.15, -0.1) is 16.8 Å². The lowest BCUT2D eigenvalue weighted by molar-refractivity contribution is -0.119. The van der Waals surface area contributed by atoms with Gasteiger partial charge in [-0.25, -0.2) is 0 Å². The Balaban J connectivity index is 1.43. The summed E-state index contributed by atoms with van der Waals surface area (Å²) in [4.78, 5) is 14.7. The van der Waals surface area contributed by atoms with Gasteiger partial charge in [-0.05, 0) is 18.8 Å². The lowest BCUT2D eigenvalue weighted by atomic mass is 10.2. The SMILES string of the molecule is C=CCn1c(SCC(=O)NCC2CN(CC(C)C)CCO2)nnc1C1CC1. The molecule has 150 valence electrons. The van der Waals surface area contributed by atoms with E-state index in [1.165, 1.54) is 24.6 Å². The highest BCUT2D eigenvalue weighted by Gasteiger charge is 2.30. The molecule has 2 fully saturated rings. The van der Waals surface area contributed by atoms with Crippen LogP contribution in [-0.2, 0) is 16.1 Å². The molecule has 27 heavy (non-hydrogen) atoms. The molecular weight excluding hydrogens is 362 g/mol. The smallest absolute Gasteiger partial charge is 0.230 e. The van der Waals surface area contributed by atoms with E-state index in [2.05, 4.69) is 45.4 Å². The third kappa shape index (κ3) is 6.05. The number of hydrogen-bond donors (Lipinski definition) is 1. The Morgan fingerprint density at radius 3 is 2.96 bits per heavy atom. The molecule has 1 saturated carbocycles. The highest BCUT2D eigenvalue weighted by molar-refractivity contribution is 7.99. The van der Waals surface area contributed by atoms with Gasteiger partial charge in [-0.1, -0.05) is 31.7 Å². The molecule has 1 saturated heterocycles. The molecule has 1 aliphatic heterocycles. The van der Waals surface area contributed by atoms with E-state index in [9.17, 15) is 4.79 Å². The van der Waals surface area contributed by atoms with E-state index in [1.807, 2.05) is 6.08 Å². The third-order valence-electron chi connectivity index (χ3n) is 4.71. The average Bonchev–Trinajstić information content (AvgIpc) is 3.40. The summed E-state index contributed by atoms with van der Waals surface area (Å²) >= 11 is 1.43. The second-order valence-electron chi connectivity index (χ2n) is 7.75. The van der Waals surface area contributed by atoms with Crippen LogP contribution in [0.2, 0.25) is 0 Å². The zero-order chi connectivity index (χ0) is 19.2. The fourth-order valence-corrected chi connectivity index (χ4v) is 4.13. The number of thioether (sulfide) groups is 1. The average molecular weight is 394 g/mol. The van der Waals surface area contributed by atoms with Crippen LogP contribution in [0.3, 0.4) is 0 Å². The van der Waals surface area contributed by atoms with Gasteiger partial charge < -0.3 is 14.6 Å². The molecule has 1 amide bonds. The minimum absolute atomic E-state index is 0.00529. The minimum atomic E-state index is 0.00529. The van der Waals surface area contributed by atoms with E-state index in [0.717, 1.165) is 37.2 Å². The van der Waals surface area contributed by atoms with E-state index in [1.54, 1.807) is 0 Å². The zero-order valence-corrected chi connectivity index (χ0v) is 17.2. The summed E-state index contributed by atoms with van der Waals surface area (Å²) in [5.74, 6) is 2.54. The Hall–Kier alpha value is -1.38. The fraction of sp³-hybridized carbons (Fsp3) is 0.737. The Morgan fingerprint density at radius 2 is 2.26 bits per heavy atom. The molecule has 7 nitrogen and oxygen atoms in total. The first-order chi connectivity index (χ1) is 13.1. The topological polar surface area (TPSA) is 72.3 Å². The van der Waals surface area contributed by atoms with Crippen LogP contribution in [-0.4, -0.2) is 70.2 Å². The van der Waals surface area contributed by atoms with Gasteiger partial charge in [-0.3, -0.25) is 9.69 Å². The van der Waals surface area contributed by atoms with E-state index >= 15 is 0 Å². The molecule has 0 aromatic carbocycles. The molecule has 1 aromatic heterocycles. The summed E-state index contributed by atoms with van der Waals surface area (Å²) in [6, 6.07) is 0. The van der Waals surface area contributed by atoms with Gasteiger partial charge in [0.05, 0.1) is 18.5 Å². The van der Waals surface area contributed by atoms with Gasteiger partial charge in [-0.2, -0.15) is 0 Å². The number of ether oxygens (including phenoxy) is 1. The third-order valence-corrected chi connectivity index (χ3v) is 5.67. The van der Waals surface area contributed by atoms with Gasteiger partial charge in [0.25, 0.3) is 0 Å². The van der Waals surface area contributed by atoms with E-state index in [4.69, 9.17) is 4.74 Å². The van der Waals surface area contributed by atoms with E-state index in [-0.39, 0.29) is 12.0 Å². The maximum atomic E-state index is 12.3. The molecule has 0 spiro atoms. The van der Waals surface area contributed by atoms with Gasteiger partial charge in [0.1, 0.15) is 5.82 Å². The number of morpholine rings is 1. The largest absolute Gasteiger partial charge is 0.374 e. The molecule has 1 aromatic rings. The number of aromatic nitrogens is 3. The van der Waals surface area contributed by atoms with Crippen LogP contribution >= 0.6 is 11.8 Å². The van der Waals surface area contributed by atoms with Crippen molar-refractivity contribution in [2.24, 2.45) is 5.92 Å². The zero-order valence-electron chi connectivity index (χ0n) is 16.4. The molecule has 1 atom stereocenters. The van der Waals surface area contributed by atoms with Gasteiger partial charge in [0, 0.05) is 38.6 Å². The Kier molecular flexibility index (Phi) is 7.32. The molecular formula is C19H31N5O2S. The quantitative estimate of drug-likeness (QED) is 0.484. The van der Waals surface area contributed by atoms with Crippen molar-refractivity contribution in [1.82, 2.24) is 25.0 Å². The maximum absolute atomic E-state index is 12.3. The van der Waals surface area contributed by atoms with Crippen LogP contribution in [0.15, 0.2) is 17.8 Å². The molecule has 0 bridgehead atoms. The number of nitrogens with one attached hydrogen (secondary N) is 1. The summed E-state index contributed by atoms with van der Waals surface area (Å²) in [5, 5.41) is 12.4. The number of rotatable bonds is 10. The lowest BCUT2D eigenvalue weighted by Gasteiger charge is -2.33. The molecule has 0 radical (unpaired) electrons. The normalized spacial score (nSPS) is 20.8. The van der Waals surface area contributed by atoms with Crippen molar-refractivity contribution in [3.63, 3.8) is 0 Å². The Labute approximate surface area is 165 Å². The summed E-state index contributed by atoms with van der Waals surface area (Å²) in [7, 11) is 0. The summed E-state index contributed by atoms with van der Waals surface area (Å²) in [6.07, 6.45) is 4.27. The van der Waals surface area contributed by atoms with Gasteiger partial charge in [0.15, 0.2) is 5.16 Å². The fourth-order valence-electron chi connectivity index (χ4n) is 3.35. The predicted molar refractivity (Wildman–Crippen MR) is 107 cm³/mol. The number of allylic oxidation sites excluding steroid dienone is 1. The highest BCUT2D eigenvalue weighted by atomic mass is 32.2. The van der Waals surface area contributed by atoms with Crippen LogP contribution in [0, 0.1) is 5.92 Å². The van der Waals surface area contributed by atoms with Crippen molar-refractivity contribution >= 4 is 17.7 Å². The van der Waals surface area contributed by atoms with Crippen LogP contribution in [0.1, 0.15) is 38.4 Å². The molecule has 1 N–H and O–H groups in total. The number of amides is 1. The van der Waals surface area contributed by atoms with Crippen molar-refractivity contribution in [1.29, 1.82) is 0 Å². The monoisotopic (exact) mass is 393 g/mol. The molecule has 8 heteroatoms. The van der Waals surface area contributed by atoms with Crippen molar-refractivity contribution in [3.8, 4) is 0 Å². The molecule has 3 rings (SSSR count). The highest BCUT2D eigenvalue weighted by Crippen LogP contribution is 2.40. The lowest BCUT2D eigenvalue weighted by Crippen LogP contribution is -2.48. The first kappa shape index (κ1) is 20.4. The Morgan fingerprint density at radius 1 is 1.44 bits per heavy atom. The number of carbonyl (C=O) groups excluding carboxylic acids is 1. The summed E-state index contributed by atoms with van der Waals surface area (Å²) < 4.78 is 7.87. The minimum Gasteiger partial charge on any atom is -0.374 e. The van der Waals surface area contributed by atoms with Crippen LogP contribution in [0.5, 0.6) is 0 Å². The predicted octanol–water partition coefficient (Wildman–Crippen LogP) is 1.91. The summed E-state index contributed by atoms with van der Waals surface area (Å²) in [5.41, 5.74) is 0. The standard InChI is InChI=1S/C19H31N5O2S/c1-4-7-24-18(15-5-6-15)21-22-19(24)27-13-17(25)20-10-16-12-23(8-9-26-16)11-14(2)3/h4,14-16H,1,5-13H2,2-3H3,(H,20,25). The van der Waals surface area contributed by atoms with Crippen LogP contribution < -0.4 is 5.32 Å². The van der Waals surface area contributed by atoms with Crippen molar-refractivity contribution in [2.75, 3.05) is 38.5 Å². The molecule has 1 unspecified atom stereocenters. The maximum Gasteiger partial charge on any atom is 0.230 e. The molecule has 1 aliphatic carbocycles. The van der Waals surface area contributed by atoms with Gasteiger partial charge in [0.2, 0.25) is 5.91 Å².